The highest BCUT2D eigenvalue weighted by molar-refractivity contribution is 7.15. The van der Waals surface area contributed by atoms with Gasteiger partial charge >= 0.3 is 0 Å². The first-order chi connectivity index (χ1) is 11.1. The maximum atomic E-state index is 12.9. The maximum Gasteiger partial charge on any atom is 0.223 e. The van der Waals surface area contributed by atoms with Gasteiger partial charge in [0, 0.05) is 24.3 Å². The molecule has 0 fully saturated rings. The van der Waals surface area contributed by atoms with Crippen LogP contribution in [0.5, 0.6) is 0 Å². The molecule has 0 aliphatic rings. The van der Waals surface area contributed by atoms with Gasteiger partial charge in [-0.15, -0.1) is 11.3 Å². The van der Waals surface area contributed by atoms with Gasteiger partial charge in [0.15, 0.2) is 0 Å². The number of halogens is 1. The van der Waals surface area contributed by atoms with Crippen molar-refractivity contribution in [2.75, 3.05) is 6.54 Å². The molecule has 0 spiro atoms. The number of carbonyl (C=O) groups excluding carboxylic acids is 1. The average Bonchev–Trinajstić information content (AvgIpc) is 3.14. The van der Waals surface area contributed by atoms with E-state index in [0.717, 1.165) is 16.2 Å². The summed E-state index contributed by atoms with van der Waals surface area (Å²) in [5.74, 6) is -0.422. The molecule has 1 atom stereocenters. The summed E-state index contributed by atoms with van der Waals surface area (Å²) >= 11 is 1.53. The quantitative estimate of drug-likeness (QED) is 0.754. The van der Waals surface area contributed by atoms with Gasteiger partial charge in [-0.2, -0.15) is 5.10 Å². The van der Waals surface area contributed by atoms with E-state index >= 15 is 0 Å². The molecule has 2 aromatic heterocycles. The lowest BCUT2D eigenvalue weighted by Gasteiger charge is -2.12. The van der Waals surface area contributed by atoms with Gasteiger partial charge in [-0.05, 0) is 24.1 Å². The minimum atomic E-state index is -0.263. The summed E-state index contributed by atoms with van der Waals surface area (Å²) in [4.78, 5) is 17.1. The lowest BCUT2D eigenvalue weighted by atomic mass is 10.0. The Morgan fingerprint density at radius 1 is 1.39 bits per heavy atom. The van der Waals surface area contributed by atoms with E-state index in [9.17, 15) is 9.18 Å². The van der Waals surface area contributed by atoms with Crippen LogP contribution in [0.3, 0.4) is 0 Å². The van der Waals surface area contributed by atoms with Gasteiger partial charge in [-0.25, -0.2) is 13.9 Å². The number of benzene rings is 1. The molecule has 3 rings (SSSR count). The van der Waals surface area contributed by atoms with E-state index in [1.807, 2.05) is 12.3 Å². The topological polar surface area (TPSA) is 59.3 Å². The van der Waals surface area contributed by atoms with Gasteiger partial charge in [0.2, 0.25) is 10.9 Å². The van der Waals surface area contributed by atoms with Crippen LogP contribution in [0.2, 0.25) is 0 Å². The van der Waals surface area contributed by atoms with Crippen LogP contribution in [-0.2, 0) is 17.6 Å². The summed E-state index contributed by atoms with van der Waals surface area (Å²) < 4.78 is 14.7. The normalized spacial score (nSPS) is 12.4. The summed E-state index contributed by atoms with van der Waals surface area (Å²) in [5.41, 5.74) is 1.99. The summed E-state index contributed by atoms with van der Waals surface area (Å²) in [7, 11) is 0. The van der Waals surface area contributed by atoms with Crippen molar-refractivity contribution < 1.29 is 9.18 Å². The highest BCUT2D eigenvalue weighted by Gasteiger charge is 2.13. The second kappa shape index (κ2) is 6.87. The van der Waals surface area contributed by atoms with Gasteiger partial charge in [0.05, 0.1) is 5.69 Å². The van der Waals surface area contributed by atoms with Gasteiger partial charge in [0.25, 0.3) is 0 Å². The number of carbonyl (C=O) groups is 1. The van der Waals surface area contributed by atoms with E-state index in [-0.39, 0.29) is 17.6 Å². The Hall–Kier alpha value is -2.28. The van der Waals surface area contributed by atoms with Crippen LogP contribution in [0.1, 0.15) is 18.2 Å². The molecule has 2 heterocycles. The third-order valence-electron chi connectivity index (χ3n) is 3.67. The van der Waals surface area contributed by atoms with E-state index in [1.165, 1.54) is 29.8 Å². The number of aromatic nitrogens is 3. The first-order valence-corrected chi connectivity index (χ1v) is 8.29. The minimum Gasteiger partial charge on any atom is -0.355 e. The van der Waals surface area contributed by atoms with Crippen molar-refractivity contribution in [3.05, 3.63) is 53.0 Å². The largest absolute Gasteiger partial charge is 0.355 e. The molecule has 1 aromatic carbocycles. The number of nitrogens with one attached hydrogen (secondary N) is 1. The molecule has 1 unspecified atom stereocenters. The summed E-state index contributed by atoms with van der Waals surface area (Å²) in [5, 5.41) is 9.09. The molecule has 0 aliphatic heterocycles. The zero-order valence-corrected chi connectivity index (χ0v) is 13.5. The maximum absolute atomic E-state index is 12.9. The number of thiazole rings is 1. The molecule has 1 amide bonds. The molecule has 0 radical (unpaired) electrons. The van der Waals surface area contributed by atoms with E-state index in [2.05, 4.69) is 15.4 Å². The van der Waals surface area contributed by atoms with E-state index in [0.29, 0.717) is 19.4 Å². The monoisotopic (exact) mass is 332 g/mol. The molecule has 7 heteroatoms. The highest BCUT2D eigenvalue weighted by Crippen LogP contribution is 2.13. The van der Waals surface area contributed by atoms with Crippen LogP contribution in [0.25, 0.3) is 4.96 Å². The Labute approximate surface area is 137 Å². The Balaban J connectivity index is 1.48. The van der Waals surface area contributed by atoms with Gasteiger partial charge in [-0.3, -0.25) is 4.79 Å². The summed E-state index contributed by atoms with van der Waals surface area (Å²) in [6, 6.07) is 6.26. The second-order valence-electron chi connectivity index (χ2n) is 5.45. The summed E-state index contributed by atoms with van der Waals surface area (Å²) in [6.45, 7) is 2.43. The van der Waals surface area contributed by atoms with Crippen LogP contribution < -0.4 is 5.32 Å². The van der Waals surface area contributed by atoms with Crippen LogP contribution in [0.4, 0.5) is 4.39 Å². The third kappa shape index (κ3) is 3.73. The van der Waals surface area contributed by atoms with Crippen molar-refractivity contribution in [2.45, 2.75) is 19.8 Å². The average molecular weight is 332 g/mol. The Kier molecular flexibility index (Phi) is 4.66. The van der Waals surface area contributed by atoms with Crippen LogP contribution >= 0.6 is 11.3 Å². The number of nitrogens with zero attached hydrogens (tertiary/aromatic N) is 3. The van der Waals surface area contributed by atoms with Crippen LogP contribution in [-0.4, -0.2) is 27.0 Å². The number of hydrogen-bond donors (Lipinski definition) is 1. The second-order valence-corrected chi connectivity index (χ2v) is 6.29. The molecule has 1 N–H and O–H groups in total. The number of hydrogen-bond acceptors (Lipinski definition) is 4. The smallest absolute Gasteiger partial charge is 0.223 e. The third-order valence-corrected chi connectivity index (χ3v) is 4.55. The molecular weight excluding hydrogens is 315 g/mol. The van der Waals surface area contributed by atoms with Crippen LogP contribution in [0, 0.1) is 11.7 Å². The number of fused-ring (bicyclic) bond motifs is 1. The van der Waals surface area contributed by atoms with Crippen molar-refractivity contribution in [2.24, 2.45) is 5.92 Å². The predicted octanol–water partition coefficient (Wildman–Crippen LogP) is 2.47. The molecule has 0 saturated heterocycles. The molecule has 5 nitrogen and oxygen atoms in total. The Morgan fingerprint density at radius 2 is 2.17 bits per heavy atom. The van der Waals surface area contributed by atoms with E-state index in [4.69, 9.17) is 0 Å². The zero-order chi connectivity index (χ0) is 16.2. The molecule has 0 bridgehead atoms. The van der Waals surface area contributed by atoms with Crippen molar-refractivity contribution in [3.63, 3.8) is 0 Å². The van der Waals surface area contributed by atoms with Crippen LogP contribution in [0.15, 0.2) is 36.0 Å². The fourth-order valence-electron chi connectivity index (χ4n) is 2.40. The van der Waals surface area contributed by atoms with Crippen molar-refractivity contribution in [3.8, 4) is 0 Å². The van der Waals surface area contributed by atoms with Gasteiger partial charge in [-0.1, -0.05) is 19.1 Å². The van der Waals surface area contributed by atoms with Gasteiger partial charge in [0.1, 0.15) is 12.1 Å². The van der Waals surface area contributed by atoms with Crippen molar-refractivity contribution >= 4 is 22.2 Å². The number of rotatable bonds is 6. The first-order valence-electron chi connectivity index (χ1n) is 7.42. The fraction of sp³-hybridized carbons (Fsp3) is 0.312. The lowest BCUT2D eigenvalue weighted by Crippen LogP contribution is -2.32. The Bertz CT molecular complexity index is 796. The molecule has 23 heavy (non-hydrogen) atoms. The van der Waals surface area contributed by atoms with Crippen molar-refractivity contribution in [1.82, 2.24) is 19.9 Å². The molecule has 120 valence electrons. The predicted molar refractivity (Wildman–Crippen MR) is 86.8 cm³/mol. The first kappa shape index (κ1) is 15.6. The lowest BCUT2D eigenvalue weighted by molar-refractivity contribution is -0.124. The standard InChI is InChI=1S/C16H17FN4OS/c1-11(8-12-2-4-13(17)5-3-12)15(22)18-7-6-14-9-23-16-19-10-20-21(14)16/h2-5,9-11H,6-8H2,1H3,(H,18,22). The number of amides is 1. The van der Waals surface area contributed by atoms with E-state index in [1.54, 1.807) is 16.6 Å². The summed E-state index contributed by atoms with van der Waals surface area (Å²) in [6.07, 6.45) is 2.83. The minimum absolute atomic E-state index is 0.000566. The van der Waals surface area contributed by atoms with E-state index < -0.39 is 0 Å². The Morgan fingerprint density at radius 3 is 2.96 bits per heavy atom. The molecule has 0 saturated carbocycles. The fourth-order valence-corrected chi connectivity index (χ4v) is 3.23. The van der Waals surface area contributed by atoms with Gasteiger partial charge < -0.3 is 5.32 Å². The molecule has 0 aliphatic carbocycles. The van der Waals surface area contributed by atoms with Crippen molar-refractivity contribution in [1.29, 1.82) is 0 Å². The SMILES string of the molecule is CC(Cc1ccc(F)cc1)C(=O)NCCc1csc2ncnn12. The molecular formula is C16H17FN4OS. The highest BCUT2D eigenvalue weighted by atomic mass is 32.1. The molecule has 3 aromatic rings. The zero-order valence-electron chi connectivity index (χ0n) is 12.7.